The van der Waals surface area contributed by atoms with Gasteiger partial charge in [0.2, 0.25) is 0 Å². The molecule has 1 saturated carbocycles. The fraction of sp³-hybridized carbons (Fsp3) is 0.533. The van der Waals surface area contributed by atoms with Crippen molar-refractivity contribution >= 4 is 16.9 Å². The Hall–Kier alpha value is -2.15. The highest BCUT2D eigenvalue weighted by Crippen LogP contribution is 2.39. The molecule has 7 heteroatoms. The molecule has 0 aliphatic heterocycles. The zero-order valence-corrected chi connectivity index (χ0v) is 13.1. The molecule has 1 amide bonds. The third-order valence-corrected chi connectivity index (χ3v) is 4.14. The summed E-state index contributed by atoms with van der Waals surface area (Å²) in [6.45, 7) is 2.48. The second-order valence-electron chi connectivity index (χ2n) is 5.97. The number of hydrogen-bond donors (Lipinski definition) is 3. The van der Waals surface area contributed by atoms with Gasteiger partial charge in [-0.05, 0) is 32.9 Å². The van der Waals surface area contributed by atoms with E-state index in [0.29, 0.717) is 29.1 Å². The number of nitrogens with zero attached hydrogens (tertiary/aromatic N) is 2. The number of likely N-dealkylation sites (N-methyl/N-ethyl adjacent to an activating group) is 1. The van der Waals surface area contributed by atoms with E-state index >= 15 is 0 Å². The highest BCUT2D eigenvalue weighted by Gasteiger charge is 2.28. The highest BCUT2D eigenvalue weighted by atomic mass is 16.2. The monoisotopic (exact) mass is 303 g/mol. The molecular weight excluding hydrogens is 282 g/mol. The molecule has 1 fully saturated rings. The Morgan fingerprint density at radius 3 is 2.91 bits per heavy atom. The van der Waals surface area contributed by atoms with E-state index in [1.807, 2.05) is 14.0 Å². The third-order valence-electron chi connectivity index (χ3n) is 4.14. The summed E-state index contributed by atoms with van der Waals surface area (Å²) in [6, 6.07) is 1.94. The molecule has 0 spiro atoms. The Morgan fingerprint density at radius 2 is 2.27 bits per heavy atom. The van der Waals surface area contributed by atoms with Crippen LogP contribution in [0.1, 0.15) is 41.7 Å². The number of pyridine rings is 1. The summed E-state index contributed by atoms with van der Waals surface area (Å²) in [5, 5.41) is 8.98. The van der Waals surface area contributed by atoms with E-state index in [1.54, 1.807) is 17.8 Å². The van der Waals surface area contributed by atoms with Crippen LogP contribution >= 0.6 is 0 Å². The van der Waals surface area contributed by atoms with Crippen LogP contribution in [-0.4, -0.2) is 40.3 Å². The molecule has 1 aliphatic rings. The lowest BCUT2D eigenvalue weighted by Crippen LogP contribution is -2.37. The van der Waals surface area contributed by atoms with Crippen molar-refractivity contribution in [2.24, 2.45) is 7.05 Å². The largest absolute Gasteiger partial charge is 0.350 e. The summed E-state index contributed by atoms with van der Waals surface area (Å²) in [6.07, 6.45) is 2.18. The second-order valence-corrected chi connectivity index (χ2v) is 5.97. The molecule has 118 valence electrons. The molecule has 22 heavy (non-hydrogen) atoms. The first-order chi connectivity index (χ1) is 10.5. The standard InChI is InChI=1S/C15H21N5O2/c1-8(16-2)7-17-14(21)10-6-11(9-4-5-9)18-13-12(10)15(22)19-20(13)3/h6,8-9,16H,4-5,7H2,1-3H3,(H,17,21)(H,19,22). The maximum atomic E-state index is 12.5. The van der Waals surface area contributed by atoms with Crippen LogP contribution < -0.4 is 16.2 Å². The number of fused-ring (bicyclic) bond motifs is 1. The maximum absolute atomic E-state index is 12.5. The lowest BCUT2D eigenvalue weighted by molar-refractivity contribution is 0.0952. The minimum Gasteiger partial charge on any atom is -0.350 e. The number of carbonyl (C=O) groups is 1. The van der Waals surface area contributed by atoms with E-state index < -0.39 is 0 Å². The number of amides is 1. The Balaban J connectivity index is 2.02. The average Bonchev–Trinajstić information content (AvgIpc) is 3.31. The lowest BCUT2D eigenvalue weighted by atomic mass is 10.1. The quantitative estimate of drug-likeness (QED) is 0.749. The minimum atomic E-state index is -0.279. The van der Waals surface area contributed by atoms with Crippen LogP contribution in [-0.2, 0) is 7.05 Å². The first-order valence-corrected chi connectivity index (χ1v) is 7.56. The molecule has 2 aromatic heterocycles. The number of aryl methyl sites for hydroxylation is 1. The van der Waals surface area contributed by atoms with Gasteiger partial charge in [0.25, 0.3) is 11.5 Å². The molecule has 1 aliphatic carbocycles. The van der Waals surface area contributed by atoms with Gasteiger partial charge in [-0.15, -0.1) is 0 Å². The molecule has 7 nitrogen and oxygen atoms in total. The number of aromatic nitrogens is 3. The van der Waals surface area contributed by atoms with E-state index in [2.05, 4.69) is 20.7 Å². The van der Waals surface area contributed by atoms with Gasteiger partial charge in [-0.3, -0.25) is 19.4 Å². The highest BCUT2D eigenvalue weighted by molar-refractivity contribution is 6.05. The number of hydrogen-bond acceptors (Lipinski definition) is 4. The van der Waals surface area contributed by atoms with Gasteiger partial charge in [-0.2, -0.15) is 0 Å². The third kappa shape index (κ3) is 2.64. The van der Waals surface area contributed by atoms with Crippen molar-refractivity contribution in [3.63, 3.8) is 0 Å². The summed E-state index contributed by atoms with van der Waals surface area (Å²) in [4.78, 5) is 29.2. The van der Waals surface area contributed by atoms with E-state index in [0.717, 1.165) is 18.5 Å². The van der Waals surface area contributed by atoms with Gasteiger partial charge >= 0.3 is 0 Å². The van der Waals surface area contributed by atoms with E-state index in [9.17, 15) is 9.59 Å². The molecule has 0 aromatic carbocycles. The van der Waals surface area contributed by atoms with Crippen molar-refractivity contribution in [3.05, 3.63) is 27.7 Å². The number of rotatable bonds is 5. The zero-order chi connectivity index (χ0) is 15.9. The van der Waals surface area contributed by atoms with Gasteiger partial charge in [0.1, 0.15) is 0 Å². The molecule has 2 aromatic rings. The SMILES string of the molecule is CNC(C)CNC(=O)c1cc(C2CC2)nc2c1c(=O)[nH]n2C. The van der Waals surface area contributed by atoms with Crippen LogP contribution in [0.4, 0.5) is 0 Å². The summed E-state index contributed by atoms with van der Waals surface area (Å²) in [5.74, 6) is 0.185. The van der Waals surface area contributed by atoms with Crippen molar-refractivity contribution in [3.8, 4) is 0 Å². The fourth-order valence-corrected chi connectivity index (χ4v) is 2.49. The van der Waals surface area contributed by atoms with Crippen LogP contribution in [0.15, 0.2) is 10.9 Å². The summed E-state index contributed by atoms with van der Waals surface area (Å²) >= 11 is 0. The first-order valence-electron chi connectivity index (χ1n) is 7.56. The topological polar surface area (TPSA) is 91.8 Å². The van der Waals surface area contributed by atoms with Crippen molar-refractivity contribution in [1.82, 2.24) is 25.4 Å². The lowest BCUT2D eigenvalue weighted by Gasteiger charge is -2.12. The Bertz CT molecular complexity index is 772. The van der Waals surface area contributed by atoms with Crippen LogP contribution in [0.3, 0.4) is 0 Å². The number of aromatic amines is 1. The molecule has 1 unspecified atom stereocenters. The molecule has 0 saturated heterocycles. The van der Waals surface area contributed by atoms with Gasteiger partial charge in [0.15, 0.2) is 5.65 Å². The van der Waals surface area contributed by atoms with E-state index in [1.165, 1.54) is 0 Å². The smallest absolute Gasteiger partial charge is 0.274 e. The van der Waals surface area contributed by atoms with Crippen molar-refractivity contribution in [2.75, 3.05) is 13.6 Å². The average molecular weight is 303 g/mol. The Kier molecular flexibility index (Phi) is 3.74. The summed E-state index contributed by atoms with van der Waals surface area (Å²) in [5.41, 5.74) is 1.58. The Morgan fingerprint density at radius 1 is 1.55 bits per heavy atom. The molecular formula is C15H21N5O2. The Labute approximate surface area is 128 Å². The molecule has 1 atom stereocenters. The number of nitrogens with one attached hydrogen (secondary N) is 3. The number of carbonyl (C=O) groups excluding carboxylic acids is 1. The van der Waals surface area contributed by atoms with Crippen LogP contribution in [0.2, 0.25) is 0 Å². The van der Waals surface area contributed by atoms with Crippen LogP contribution in [0.25, 0.3) is 11.0 Å². The molecule has 0 radical (unpaired) electrons. The predicted octanol–water partition coefficient (Wildman–Crippen LogP) is 0.477. The minimum absolute atomic E-state index is 0.165. The second kappa shape index (κ2) is 5.57. The summed E-state index contributed by atoms with van der Waals surface area (Å²) in [7, 11) is 3.58. The molecule has 3 rings (SSSR count). The number of H-pyrrole nitrogens is 1. The van der Waals surface area contributed by atoms with Crippen LogP contribution in [0, 0.1) is 0 Å². The fourth-order valence-electron chi connectivity index (χ4n) is 2.49. The first kappa shape index (κ1) is 14.8. The van der Waals surface area contributed by atoms with E-state index in [-0.39, 0.29) is 17.5 Å². The molecule has 2 heterocycles. The van der Waals surface area contributed by atoms with Gasteiger partial charge < -0.3 is 10.6 Å². The molecule has 3 N–H and O–H groups in total. The van der Waals surface area contributed by atoms with Gasteiger partial charge in [0, 0.05) is 31.2 Å². The van der Waals surface area contributed by atoms with Gasteiger partial charge in [0.05, 0.1) is 10.9 Å². The maximum Gasteiger partial charge on any atom is 0.274 e. The predicted molar refractivity (Wildman–Crippen MR) is 84.2 cm³/mol. The van der Waals surface area contributed by atoms with Crippen molar-refractivity contribution < 1.29 is 4.79 Å². The van der Waals surface area contributed by atoms with E-state index in [4.69, 9.17) is 0 Å². The molecule has 0 bridgehead atoms. The van der Waals surface area contributed by atoms with Gasteiger partial charge in [-0.1, -0.05) is 0 Å². The van der Waals surface area contributed by atoms with Crippen LogP contribution in [0.5, 0.6) is 0 Å². The zero-order valence-electron chi connectivity index (χ0n) is 13.1. The normalized spacial score (nSPS) is 16.0. The van der Waals surface area contributed by atoms with Crippen molar-refractivity contribution in [1.29, 1.82) is 0 Å². The van der Waals surface area contributed by atoms with Gasteiger partial charge in [-0.25, -0.2) is 4.98 Å². The van der Waals surface area contributed by atoms with Crippen molar-refractivity contribution in [2.45, 2.75) is 31.7 Å². The summed E-state index contributed by atoms with van der Waals surface area (Å²) < 4.78 is 1.58.